The average Bonchev–Trinajstić information content (AvgIpc) is 3.13. The molecular weight excluding hydrogens is 443 g/mol. The molecule has 32 heavy (non-hydrogen) atoms. The lowest BCUT2D eigenvalue weighted by Gasteiger charge is -2.34. The van der Waals surface area contributed by atoms with Gasteiger partial charge < -0.3 is 15.4 Å². The lowest BCUT2D eigenvalue weighted by Crippen LogP contribution is -2.69. The van der Waals surface area contributed by atoms with Crippen LogP contribution in [0.2, 0.25) is 0 Å². The summed E-state index contributed by atoms with van der Waals surface area (Å²) in [5.41, 5.74) is -1.54. The Kier molecular flexibility index (Phi) is 6.73. The number of benzene rings is 2. The molecule has 1 unspecified atom stereocenters. The molecule has 0 saturated heterocycles. The normalized spacial score (nSPS) is 13.6. The molecule has 1 amide bonds. The van der Waals surface area contributed by atoms with Crippen LogP contribution in [0.25, 0.3) is 10.2 Å². The fraction of sp³-hybridized carbons (Fsp3) is 0.318. The number of nitrogens with one attached hydrogen (secondary N) is 2. The van der Waals surface area contributed by atoms with Crippen LogP contribution in [0.3, 0.4) is 0 Å². The van der Waals surface area contributed by atoms with Gasteiger partial charge in [-0.15, -0.1) is 0 Å². The van der Waals surface area contributed by atoms with Crippen molar-refractivity contribution in [1.82, 2.24) is 10.3 Å². The number of methoxy groups -OCH3 is 1. The number of ether oxygens (including phenoxy) is 1. The third-order valence-corrected chi connectivity index (χ3v) is 5.76. The Morgan fingerprint density at radius 3 is 2.41 bits per heavy atom. The molecule has 2 aromatic carbocycles. The number of esters is 1. The van der Waals surface area contributed by atoms with Crippen molar-refractivity contribution in [3.8, 4) is 0 Å². The number of amides is 1. The third-order valence-electron chi connectivity index (χ3n) is 4.82. The van der Waals surface area contributed by atoms with Gasteiger partial charge >= 0.3 is 17.8 Å². The maximum atomic E-state index is 14.2. The smallest absolute Gasteiger partial charge is 0.442 e. The van der Waals surface area contributed by atoms with Crippen LogP contribution in [0.5, 0.6) is 0 Å². The third kappa shape index (κ3) is 4.85. The highest BCUT2D eigenvalue weighted by atomic mass is 32.1. The number of thiazole rings is 1. The largest absolute Gasteiger partial charge is 0.466 e. The molecule has 3 rings (SSSR count). The highest BCUT2D eigenvalue weighted by Crippen LogP contribution is 2.36. The summed E-state index contributed by atoms with van der Waals surface area (Å²) in [7, 11) is 0.821. The molecule has 0 fully saturated rings. The zero-order chi connectivity index (χ0) is 23.5. The van der Waals surface area contributed by atoms with Gasteiger partial charge in [0, 0.05) is 0 Å². The Bertz CT molecular complexity index is 1120. The number of alkyl halides is 3. The molecule has 1 atom stereocenters. The van der Waals surface area contributed by atoms with E-state index in [9.17, 15) is 22.8 Å². The van der Waals surface area contributed by atoms with E-state index in [1.165, 1.54) is 0 Å². The van der Waals surface area contributed by atoms with Gasteiger partial charge in [-0.25, -0.2) is 9.78 Å². The first-order valence-electron chi connectivity index (χ1n) is 9.74. The van der Waals surface area contributed by atoms with E-state index < -0.39 is 23.7 Å². The van der Waals surface area contributed by atoms with Crippen molar-refractivity contribution in [3.63, 3.8) is 0 Å². The summed E-state index contributed by atoms with van der Waals surface area (Å²) in [5.74, 6) is -2.48. The van der Waals surface area contributed by atoms with Crippen LogP contribution in [0.4, 0.5) is 18.3 Å². The van der Waals surface area contributed by atoms with Gasteiger partial charge in [-0.2, -0.15) is 13.2 Å². The minimum atomic E-state index is -5.21. The Hall–Kier alpha value is -3.14. The van der Waals surface area contributed by atoms with Crippen LogP contribution in [0.15, 0.2) is 48.5 Å². The molecular formula is C22H22F3N3O3S. The second-order valence-electron chi connectivity index (χ2n) is 7.48. The summed E-state index contributed by atoms with van der Waals surface area (Å²) in [6, 6.07) is 13.6. The van der Waals surface area contributed by atoms with Gasteiger partial charge in [-0.1, -0.05) is 61.6 Å². The van der Waals surface area contributed by atoms with Crippen LogP contribution >= 0.6 is 11.3 Å². The molecule has 0 saturated carbocycles. The number of hydrogen-bond donors (Lipinski definition) is 2. The first-order valence-corrected chi connectivity index (χ1v) is 10.6. The van der Waals surface area contributed by atoms with E-state index in [2.05, 4.69) is 15.0 Å². The predicted molar refractivity (Wildman–Crippen MR) is 116 cm³/mol. The fourth-order valence-electron chi connectivity index (χ4n) is 3.09. The van der Waals surface area contributed by atoms with Crippen molar-refractivity contribution >= 4 is 38.6 Å². The van der Waals surface area contributed by atoms with Gasteiger partial charge in [0.05, 0.1) is 23.7 Å². The fourth-order valence-corrected chi connectivity index (χ4v) is 4.06. The van der Waals surface area contributed by atoms with Crippen LogP contribution in [-0.4, -0.2) is 35.8 Å². The summed E-state index contributed by atoms with van der Waals surface area (Å²) in [5, 5.41) is 3.75. The summed E-state index contributed by atoms with van der Waals surface area (Å²) in [6.45, 7) is 3.99. The van der Waals surface area contributed by atoms with Crippen LogP contribution in [0, 0.1) is 0 Å². The van der Waals surface area contributed by atoms with Crippen LogP contribution in [0.1, 0.15) is 30.9 Å². The van der Waals surface area contributed by atoms with E-state index in [0.717, 1.165) is 24.0 Å². The molecule has 1 aromatic heterocycles. The van der Waals surface area contributed by atoms with Crippen LogP contribution < -0.4 is 10.6 Å². The lowest BCUT2D eigenvalue weighted by atomic mass is 10.0. The van der Waals surface area contributed by atoms with Gasteiger partial charge in [-0.05, 0) is 29.2 Å². The number of nitrogens with zero attached hydrogens (tertiary/aromatic N) is 1. The molecule has 1 heterocycles. The van der Waals surface area contributed by atoms with E-state index in [0.29, 0.717) is 15.8 Å². The maximum Gasteiger partial charge on any atom is 0.442 e. The van der Waals surface area contributed by atoms with E-state index in [4.69, 9.17) is 0 Å². The van der Waals surface area contributed by atoms with E-state index in [-0.39, 0.29) is 17.5 Å². The Morgan fingerprint density at radius 1 is 1.12 bits per heavy atom. The second-order valence-corrected chi connectivity index (χ2v) is 8.51. The summed E-state index contributed by atoms with van der Waals surface area (Å²) >= 11 is 0.949. The number of rotatable bonds is 7. The van der Waals surface area contributed by atoms with E-state index >= 15 is 0 Å². The number of aromatic nitrogens is 1. The monoisotopic (exact) mass is 465 g/mol. The molecule has 3 aromatic rings. The van der Waals surface area contributed by atoms with Crippen molar-refractivity contribution in [2.75, 3.05) is 12.4 Å². The molecule has 0 radical (unpaired) electrons. The summed E-state index contributed by atoms with van der Waals surface area (Å²) < 4.78 is 47.7. The molecule has 0 spiro atoms. The minimum Gasteiger partial charge on any atom is -0.466 e. The predicted octanol–water partition coefficient (Wildman–Crippen LogP) is 4.62. The SMILES string of the molecule is COC(=O)C(NC(=O)Cc1ccccc1)(Nc1nc2ccc(C(C)C)cc2s1)C(F)(F)F. The maximum absolute atomic E-state index is 14.2. The summed E-state index contributed by atoms with van der Waals surface area (Å²) in [4.78, 5) is 29.1. The zero-order valence-electron chi connectivity index (χ0n) is 17.6. The average molecular weight is 465 g/mol. The first kappa shape index (κ1) is 23.5. The van der Waals surface area contributed by atoms with Crippen molar-refractivity contribution in [2.24, 2.45) is 0 Å². The van der Waals surface area contributed by atoms with Crippen molar-refractivity contribution in [1.29, 1.82) is 0 Å². The van der Waals surface area contributed by atoms with Gasteiger partial charge in [0.15, 0.2) is 5.13 Å². The summed E-state index contributed by atoms with van der Waals surface area (Å²) in [6.07, 6.45) is -5.57. The first-order chi connectivity index (χ1) is 15.1. The molecule has 0 aliphatic carbocycles. The molecule has 0 aliphatic heterocycles. The van der Waals surface area contributed by atoms with Crippen molar-refractivity contribution in [2.45, 2.75) is 38.0 Å². The van der Waals surface area contributed by atoms with Gasteiger partial charge in [-0.3, -0.25) is 4.79 Å². The Labute approximate surface area is 186 Å². The molecule has 170 valence electrons. The second kappa shape index (κ2) is 9.15. The van der Waals surface area contributed by atoms with Gasteiger partial charge in [0.1, 0.15) is 0 Å². The molecule has 10 heteroatoms. The lowest BCUT2D eigenvalue weighted by molar-refractivity contribution is -0.206. The quantitative estimate of drug-likeness (QED) is 0.393. The number of fused-ring (bicyclic) bond motifs is 1. The Balaban J connectivity index is 1.97. The van der Waals surface area contributed by atoms with Gasteiger partial charge in [0.25, 0.3) is 0 Å². The standard InChI is InChI=1S/C22H22F3N3O3S/c1-13(2)15-9-10-16-17(12-15)32-20(26-16)28-21(19(30)31-3,22(23,24)25)27-18(29)11-14-7-5-4-6-8-14/h4-10,12-13H,11H2,1-3H3,(H,26,28)(H,27,29). The van der Waals surface area contributed by atoms with Gasteiger partial charge in [0.2, 0.25) is 5.91 Å². The number of carbonyl (C=O) groups excluding carboxylic acids is 2. The number of carbonyl (C=O) groups is 2. The van der Waals surface area contributed by atoms with Crippen molar-refractivity contribution < 1.29 is 27.5 Å². The number of halogens is 3. The van der Waals surface area contributed by atoms with Crippen molar-refractivity contribution in [3.05, 3.63) is 59.7 Å². The van der Waals surface area contributed by atoms with E-state index in [1.54, 1.807) is 36.4 Å². The topological polar surface area (TPSA) is 80.3 Å². The van der Waals surface area contributed by atoms with E-state index in [1.807, 2.05) is 31.3 Å². The molecule has 0 aliphatic rings. The zero-order valence-corrected chi connectivity index (χ0v) is 18.4. The number of hydrogen-bond acceptors (Lipinski definition) is 6. The minimum absolute atomic E-state index is 0.177. The molecule has 0 bridgehead atoms. The highest BCUT2D eigenvalue weighted by molar-refractivity contribution is 7.22. The molecule has 2 N–H and O–H groups in total. The molecule has 6 nitrogen and oxygen atoms in total. The Morgan fingerprint density at radius 2 is 1.81 bits per heavy atom. The number of anilines is 1. The highest BCUT2D eigenvalue weighted by Gasteiger charge is 2.63. The van der Waals surface area contributed by atoms with Crippen LogP contribution in [-0.2, 0) is 20.7 Å².